The number of halogens is 1. The van der Waals surface area contributed by atoms with Crippen molar-refractivity contribution in [2.45, 2.75) is 17.3 Å². The summed E-state index contributed by atoms with van der Waals surface area (Å²) < 4.78 is 39.7. The maximum absolute atomic E-state index is 12.8. The molecule has 0 unspecified atom stereocenters. The Morgan fingerprint density at radius 2 is 1.85 bits per heavy atom. The third-order valence-corrected chi connectivity index (χ3v) is 5.54. The van der Waals surface area contributed by atoms with E-state index in [1.54, 1.807) is 25.2 Å². The van der Waals surface area contributed by atoms with Crippen molar-refractivity contribution in [2.24, 2.45) is 0 Å². The first kappa shape index (κ1) is 15.1. The van der Waals surface area contributed by atoms with Crippen molar-refractivity contribution in [3.8, 4) is 0 Å². The Bertz CT molecular complexity index is 666. The zero-order valence-corrected chi connectivity index (χ0v) is 12.5. The summed E-state index contributed by atoms with van der Waals surface area (Å²) in [6, 6.07) is 7.37. The molecule has 0 spiro atoms. The van der Waals surface area contributed by atoms with Gasteiger partial charge in [-0.2, -0.15) is 0 Å². The highest BCUT2D eigenvalue weighted by molar-refractivity contribution is 7.91. The van der Waals surface area contributed by atoms with E-state index in [1.165, 1.54) is 23.5 Å². The molecule has 1 aromatic heterocycles. The molecule has 1 aromatic carbocycles. The van der Waals surface area contributed by atoms with Gasteiger partial charge >= 0.3 is 0 Å². The fraction of sp³-hybridized carbons (Fsp3) is 0.231. The van der Waals surface area contributed by atoms with Gasteiger partial charge < -0.3 is 5.32 Å². The SMILES string of the molecule is CNCc1csc(S(=O)(=O)NCc2ccc(F)cc2)c1. The zero-order valence-electron chi connectivity index (χ0n) is 10.9. The molecule has 0 saturated carbocycles. The molecule has 0 aliphatic rings. The molecule has 4 nitrogen and oxygen atoms in total. The average molecular weight is 314 g/mol. The number of thiophene rings is 1. The molecule has 0 bridgehead atoms. The number of hydrogen-bond acceptors (Lipinski definition) is 4. The summed E-state index contributed by atoms with van der Waals surface area (Å²) in [6.07, 6.45) is 0. The quantitative estimate of drug-likeness (QED) is 0.858. The van der Waals surface area contributed by atoms with Crippen molar-refractivity contribution in [2.75, 3.05) is 7.05 Å². The zero-order chi connectivity index (χ0) is 14.6. The summed E-state index contributed by atoms with van der Waals surface area (Å²) in [5.74, 6) is -0.341. The van der Waals surface area contributed by atoms with Crippen molar-refractivity contribution < 1.29 is 12.8 Å². The number of hydrogen-bond donors (Lipinski definition) is 2. The lowest BCUT2D eigenvalue weighted by atomic mass is 10.2. The third-order valence-electron chi connectivity index (χ3n) is 2.66. The van der Waals surface area contributed by atoms with Crippen molar-refractivity contribution in [3.63, 3.8) is 0 Å². The van der Waals surface area contributed by atoms with Crippen LogP contribution in [-0.2, 0) is 23.1 Å². The van der Waals surface area contributed by atoms with Crippen LogP contribution in [0.3, 0.4) is 0 Å². The topological polar surface area (TPSA) is 58.2 Å². The second kappa shape index (κ2) is 6.45. The predicted octanol–water partition coefficient (Wildman–Crippen LogP) is 2.09. The van der Waals surface area contributed by atoms with E-state index in [4.69, 9.17) is 0 Å². The minimum Gasteiger partial charge on any atom is -0.316 e. The van der Waals surface area contributed by atoms with Crippen LogP contribution in [0, 0.1) is 5.82 Å². The fourth-order valence-corrected chi connectivity index (χ4v) is 3.91. The van der Waals surface area contributed by atoms with Crippen LogP contribution in [0.25, 0.3) is 0 Å². The summed E-state index contributed by atoms with van der Waals surface area (Å²) in [5, 5.41) is 4.78. The second-order valence-corrected chi connectivity index (χ2v) is 7.16. The summed E-state index contributed by atoms with van der Waals surface area (Å²) in [7, 11) is -1.71. The molecule has 1 heterocycles. The van der Waals surface area contributed by atoms with E-state index in [0.29, 0.717) is 12.1 Å². The molecule has 0 fully saturated rings. The van der Waals surface area contributed by atoms with E-state index in [-0.39, 0.29) is 16.6 Å². The molecular formula is C13H15FN2O2S2. The standard InChI is InChI=1S/C13H15FN2O2S2/c1-15-7-11-6-13(19-9-11)20(17,18)16-8-10-2-4-12(14)5-3-10/h2-6,9,15-16H,7-8H2,1H3. The Morgan fingerprint density at radius 3 is 2.50 bits per heavy atom. The van der Waals surface area contributed by atoms with Crippen LogP contribution < -0.4 is 10.0 Å². The Balaban J connectivity index is 2.04. The molecule has 0 saturated heterocycles. The lowest BCUT2D eigenvalue weighted by molar-refractivity contribution is 0.583. The second-order valence-electron chi connectivity index (χ2n) is 4.26. The van der Waals surface area contributed by atoms with E-state index in [9.17, 15) is 12.8 Å². The molecular weight excluding hydrogens is 299 g/mol. The maximum Gasteiger partial charge on any atom is 0.250 e. The molecule has 2 rings (SSSR count). The van der Waals surface area contributed by atoms with Crippen LogP contribution >= 0.6 is 11.3 Å². The molecule has 0 aliphatic carbocycles. The van der Waals surface area contributed by atoms with Crippen molar-refractivity contribution in [3.05, 3.63) is 52.7 Å². The lowest BCUT2D eigenvalue weighted by Gasteiger charge is -2.04. The van der Waals surface area contributed by atoms with E-state index in [2.05, 4.69) is 10.0 Å². The van der Waals surface area contributed by atoms with Gasteiger partial charge in [-0.25, -0.2) is 17.5 Å². The smallest absolute Gasteiger partial charge is 0.250 e. The highest BCUT2D eigenvalue weighted by Crippen LogP contribution is 2.20. The van der Waals surface area contributed by atoms with Gasteiger partial charge in [0.15, 0.2) is 0 Å². The first-order valence-electron chi connectivity index (χ1n) is 5.97. The lowest BCUT2D eigenvalue weighted by Crippen LogP contribution is -2.22. The first-order valence-corrected chi connectivity index (χ1v) is 8.33. The van der Waals surface area contributed by atoms with E-state index in [0.717, 1.165) is 5.56 Å². The van der Waals surface area contributed by atoms with Gasteiger partial charge in [0, 0.05) is 13.1 Å². The Hall–Kier alpha value is -1.28. The number of rotatable bonds is 6. The molecule has 0 amide bonds. The van der Waals surface area contributed by atoms with Crippen LogP contribution in [0.2, 0.25) is 0 Å². The van der Waals surface area contributed by atoms with Gasteiger partial charge in [-0.1, -0.05) is 12.1 Å². The van der Waals surface area contributed by atoms with Crippen LogP contribution in [0.4, 0.5) is 4.39 Å². The number of sulfonamides is 1. The predicted molar refractivity (Wildman–Crippen MR) is 77.5 cm³/mol. The average Bonchev–Trinajstić information content (AvgIpc) is 2.88. The van der Waals surface area contributed by atoms with Crippen molar-refractivity contribution in [1.29, 1.82) is 0 Å². The third kappa shape index (κ3) is 3.86. The van der Waals surface area contributed by atoms with Crippen LogP contribution in [0.5, 0.6) is 0 Å². The monoisotopic (exact) mass is 314 g/mol. The van der Waals surface area contributed by atoms with Gasteiger partial charge in [-0.15, -0.1) is 11.3 Å². The summed E-state index contributed by atoms with van der Waals surface area (Å²) in [5.41, 5.74) is 1.64. The molecule has 0 radical (unpaired) electrons. The highest BCUT2D eigenvalue weighted by Gasteiger charge is 2.16. The summed E-state index contributed by atoms with van der Waals surface area (Å²) >= 11 is 1.18. The normalized spacial score (nSPS) is 11.7. The largest absolute Gasteiger partial charge is 0.316 e. The van der Waals surface area contributed by atoms with Gasteiger partial charge in [0.1, 0.15) is 10.0 Å². The Morgan fingerprint density at radius 1 is 1.15 bits per heavy atom. The highest BCUT2D eigenvalue weighted by atomic mass is 32.2. The van der Waals surface area contributed by atoms with Gasteiger partial charge in [0.05, 0.1) is 0 Å². The molecule has 0 aliphatic heterocycles. The van der Waals surface area contributed by atoms with Gasteiger partial charge in [-0.3, -0.25) is 0 Å². The Labute approximate surface area is 121 Å². The van der Waals surface area contributed by atoms with E-state index >= 15 is 0 Å². The van der Waals surface area contributed by atoms with Gasteiger partial charge in [0.2, 0.25) is 10.0 Å². The maximum atomic E-state index is 12.8. The molecule has 0 atom stereocenters. The van der Waals surface area contributed by atoms with Crippen LogP contribution in [0.1, 0.15) is 11.1 Å². The van der Waals surface area contributed by atoms with E-state index < -0.39 is 10.0 Å². The minimum absolute atomic E-state index is 0.141. The van der Waals surface area contributed by atoms with Crippen molar-refractivity contribution >= 4 is 21.4 Å². The van der Waals surface area contributed by atoms with E-state index in [1.807, 2.05) is 5.38 Å². The first-order chi connectivity index (χ1) is 9.51. The van der Waals surface area contributed by atoms with Crippen LogP contribution in [-0.4, -0.2) is 15.5 Å². The molecule has 108 valence electrons. The fourth-order valence-electron chi connectivity index (χ4n) is 1.64. The molecule has 7 heteroatoms. The summed E-state index contributed by atoms with van der Waals surface area (Å²) in [6.45, 7) is 0.770. The minimum atomic E-state index is -3.52. The molecule has 20 heavy (non-hydrogen) atoms. The van der Waals surface area contributed by atoms with Gasteiger partial charge in [0.25, 0.3) is 0 Å². The van der Waals surface area contributed by atoms with Gasteiger partial charge in [-0.05, 0) is 41.8 Å². The molecule has 2 N–H and O–H groups in total. The Kier molecular flexibility index (Phi) is 4.87. The van der Waals surface area contributed by atoms with Crippen LogP contribution in [0.15, 0.2) is 39.9 Å². The van der Waals surface area contributed by atoms with Crippen molar-refractivity contribution in [1.82, 2.24) is 10.0 Å². The molecule has 2 aromatic rings. The number of nitrogens with one attached hydrogen (secondary N) is 2. The number of benzene rings is 1. The summed E-state index contributed by atoms with van der Waals surface area (Å²) in [4.78, 5) is 0.